The number of fused-ring (bicyclic) bond motifs is 2. The fourth-order valence-corrected chi connectivity index (χ4v) is 5.99. The van der Waals surface area contributed by atoms with E-state index in [1.807, 2.05) is 25.2 Å². The molecule has 3 heterocycles. The smallest absolute Gasteiger partial charge is 0.235 e. The summed E-state index contributed by atoms with van der Waals surface area (Å²) in [5.74, 6) is 1.14. The van der Waals surface area contributed by atoms with Gasteiger partial charge >= 0.3 is 0 Å². The van der Waals surface area contributed by atoms with E-state index in [4.69, 9.17) is 16.0 Å². The van der Waals surface area contributed by atoms with Gasteiger partial charge in [-0.3, -0.25) is 4.79 Å². The average Bonchev–Trinajstić information content (AvgIpc) is 3.46. The molecule has 162 valence electrons. The number of thioether (sulfide) groups is 1. The minimum atomic E-state index is -0.173. The Morgan fingerprint density at radius 3 is 3.03 bits per heavy atom. The molecule has 32 heavy (non-hydrogen) atoms. The van der Waals surface area contributed by atoms with Crippen LogP contribution in [-0.2, 0) is 24.7 Å². The number of anilines is 1. The maximum Gasteiger partial charge on any atom is 0.235 e. The van der Waals surface area contributed by atoms with Crippen LogP contribution in [-0.4, -0.2) is 26.4 Å². The number of carbonyl (C=O) groups excluding carboxylic acids is 1. The predicted octanol–water partition coefficient (Wildman–Crippen LogP) is 5.42. The Bertz CT molecular complexity index is 1380. The topological polar surface area (TPSA) is 96.7 Å². The maximum atomic E-state index is 12.6. The van der Waals surface area contributed by atoms with Crippen LogP contribution in [0.25, 0.3) is 22.6 Å². The average molecular weight is 484 g/mol. The number of nitrogens with one attached hydrogen (secondary N) is 1. The molecule has 0 saturated heterocycles. The first-order chi connectivity index (χ1) is 15.5. The van der Waals surface area contributed by atoms with Gasteiger partial charge in [0.2, 0.25) is 5.91 Å². The van der Waals surface area contributed by atoms with E-state index < -0.39 is 0 Å². The van der Waals surface area contributed by atoms with Crippen LogP contribution in [0.3, 0.4) is 0 Å². The van der Waals surface area contributed by atoms with Crippen LogP contribution >= 0.6 is 34.7 Å². The first-order valence-electron chi connectivity index (χ1n) is 10.1. The van der Waals surface area contributed by atoms with E-state index in [0.29, 0.717) is 37.9 Å². The fraction of sp³-hybridized carbons (Fsp3) is 0.273. The lowest BCUT2D eigenvalue weighted by Crippen LogP contribution is -2.14. The summed E-state index contributed by atoms with van der Waals surface area (Å²) in [6.45, 7) is 0. The maximum absolute atomic E-state index is 12.6. The highest BCUT2D eigenvalue weighted by Gasteiger charge is 2.22. The number of amides is 1. The van der Waals surface area contributed by atoms with E-state index in [0.717, 1.165) is 36.6 Å². The number of carbonyl (C=O) groups is 1. The van der Waals surface area contributed by atoms with Gasteiger partial charge in [-0.2, -0.15) is 5.26 Å². The highest BCUT2D eigenvalue weighted by atomic mass is 35.5. The highest BCUT2D eigenvalue weighted by Crippen LogP contribution is 2.38. The number of halogens is 1. The number of nitrogens with zero attached hydrogens (tertiary/aromatic N) is 4. The molecule has 1 N–H and O–H groups in total. The van der Waals surface area contributed by atoms with Crippen LogP contribution in [0.1, 0.15) is 28.8 Å². The van der Waals surface area contributed by atoms with Crippen LogP contribution in [0.4, 0.5) is 5.00 Å². The number of aryl methyl sites for hydroxylation is 1. The van der Waals surface area contributed by atoms with Crippen LogP contribution in [0.2, 0.25) is 5.02 Å². The van der Waals surface area contributed by atoms with Gasteiger partial charge < -0.3 is 14.3 Å². The second kappa shape index (κ2) is 8.62. The number of rotatable bonds is 5. The van der Waals surface area contributed by atoms with E-state index in [1.54, 1.807) is 10.6 Å². The Labute approximate surface area is 197 Å². The van der Waals surface area contributed by atoms with Crippen molar-refractivity contribution in [3.05, 3.63) is 45.3 Å². The Kier molecular flexibility index (Phi) is 5.67. The van der Waals surface area contributed by atoms with Gasteiger partial charge in [0.05, 0.1) is 11.3 Å². The second-order valence-corrected chi connectivity index (χ2v) is 10.0. The molecule has 0 aliphatic heterocycles. The third-order valence-corrected chi connectivity index (χ3v) is 7.86. The number of nitriles is 1. The summed E-state index contributed by atoms with van der Waals surface area (Å²) in [6, 6.07) is 9.56. The molecule has 5 rings (SSSR count). The van der Waals surface area contributed by atoms with Crippen molar-refractivity contribution in [1.29, 1.82) is 5.26 Å². The first-order valence-corrected chi connectivity index (χ1v) is 12.3. The molecule has 0 atom stereocenters. The van der Waals surface area contributed by atoms with Gasteiger partial charge in [-0.15, -0.1) is 21.5 Å². The molecule has 7 nitrogen and oxygen atoms in total. The Hall–Kier alpha value is -2.80. The van der Waals surface area contributed by atoms with Gasteiger partial charge in [-0.05, 0) is 55.5 Å². The zero-order valence-electron chi connectivity index (χ0n) is 17.1. The molecule has 1 amide bonds. The van der Waals surface area contributed by atoms with E-state index in [9.17, 15) is 10.1 Å². The summed E-state index contributed by atoms with van der Waals surface area (Å²) >= 11 is 8.86. The van der Waals surface area contributed by atoms with Gasteiger partial charge in [0.25, 0.3) is 0 Å². The second-order valence-electron chi connectivity index (χ2n) is 7.52. The largest absolute Gasteiger partial charge is 0.453 e. The Morgan fingerprint density at radius 1 is 1.34 bits per heavy atom. The first kappa shape index (κ1) is 21.1. The Balaban J connectivity index is 1.29. The number of aromatic nitrogens is 3. The molecule has 4 aromatic rings. The molecule has 0 bridgehead atoms. The van der Waals surface area contributed by atoms with Gasteiger partial charge in [0.15, 0.2) is 16.7 Å². The van der Waals surface area contributed by atoms with Crippen molar-refractivity contribution >= 4 is 56.6 Å². The molecule has 1 aromatic carbocycles. The van der Waals surface area contributed by atoms with Crippen LogP contribution in [0.5, 0.6) is 0 Å². The fourth-order valence-electron chi connectivity index (χ4n) is 3.84. The lowest BCUT2D eigenvalue weighted by atomic mass is 9.96. The Morgan fingerprint density at radius 2 is 2.19 bits per heavy atom. The zero-order valence-corrected chi connectivity index (χ0v) is 19.5. The highest BCUT2D eigenvalue weighted by molar-refractivity contribution is 7.99. The van der Waals surface area contributed by atoms with Gasteiger partial charge in [-0.1, -0.05) is 23.4 Å². The molecule has 3 aromatic heterocycles. The minimum Gasteiger partial charge on any atom is -0.453 e. The zero-order chi connectivity index (χ0) is 22.2. The summed E-state index contributed by atoms with van der Waals surface area (Å²) < 4.78 is 7.67. The SMILES string of the molecule is Cn1c(SCC(=O)Nc2sc3c(c2C#N)CCCC3)nnc1-c1cc2cc(Cl)ccc2o1. The van der Waals surface area contributed by atoms with Crippen molar-refractivity contribution in [2.45, 2.75) is 30.8 Å². The molecule has 0 unspecified atom stereocenters. The lowest BCUT2D eigenvalue weighted by Gasteiger charge is -2.09. The van der Waals surface area contributed by atoms with Crippen molar-refractivity contribution in [2.24, 2.45) is 7.05 Å². The summed E-state index contributed by atoms with van der Waals surface area (Å²) in [6.07, 6.45) is 4.12. The molecular formula is C22H18ClN5O2S2. The van der Waals surface area contributed by atoms with Gasteiger partial charge in [0, 0.05) is 22.3 Å². The van der Waals surface area contributed by atoms with E-state index in [2.05, 4.69) is 21.6 Å². The van der Waals surface area contributed by atoms with Crippen LogP contribution < -0.4 is 5.32 Å². The lowest BCUT2D eigenvalue weighted by molar-refractivity contribution is -0.113. The molecule has 0 spiro atoms. The van der Waals surface area contributed by atoms with Gasteiger partial charge in [-0.25, -0.2) is 0 Å². The minimum absolute atomic E-state index is 0.162. The van der Waals surface area contributed by atoms with E-state index >= 15 is 0 Å². The third-order valence-electron chi connectivity index (χ3n) is 5.40. The van der Waals surface area contributed by atoms with E-state index in [-0.39, 0.29) is 11.7 Å². The summed E-state index contributed by atoms with van der Waals surface area (Å²) in [4.78, 5) is 13.8. The molecule has 10 heteroatoms. The summed E-state index contributed by atoms with van der Waals surface area (Å²) in [7, 11) is 1.83. The monoisotopic (exact) mass is 483 g/mol. The number of thiophene rings is 1. The number of furan rings is 1. The summed E-state index contributed by atoms with van der Waals surface area (Å²) in [5, 5.41) is 23.7. The number of benzene rings is 1. The molecular weight excluding hydrogens is 466 g/mol. The molecule has 0 radical (unpaired) electrons. The van der Waals surface area contributed by atoms with Crippen molar-refractivity contribution in [1.82, 2.24) is 14.8 Å². The standard InChI is InChI=1S/C22H18ClN5O2S2/c1-28-20(17-9-12-8-13(23)6-7-16(12)30-17)26-27-22(28)31-11-19(29)25-21-15(10-24)14-4-2-3-5-18(14)32-21/h6-9H,2-5,11H2,1H3,(H,25,29). The van der Waals surface area contributed by atoms with Gasteiger partial charge in [0.1, 0.15) is 16.7 Å². The molecule has 0 saturated carbocycles. The number of hydrogen-bond acceptors (Lipinski definition) is 7. The molecule has 1 aliphatic rings. The normalized spacial score (nSPS) is 13.2. The van der Waals surface area contributed by atoms with Crippen molar-refractivity contribution in [3.63, 3.8) is 0 Å². The molecule has 0 fully saturated rings. The molecule has 1 aliphatic carbocycles. The van der Waals surface area contributed by atoms with Crippen molar-refractivity contribution < 1.29 is 9.21 Å². The van der Waals surface area contributed by atoms with E-state index in [1.165, 1.54) is 28.0 Å². The summed E-state index contributed by atoms with van der Waals surface area (Å²) in [5.41, 5.74) is 2.44. The van der Waals surface area contributed by atoms with Crippen molar-refractivity contribution in [2.75, 3.05) is 11.1 Å². The quantitative estimate of drug-likeness (QED) is 0.380. The predicted molar refractivity (Wildman–Crippen MR) is 126 cm³/mol. The van der Waals surface area contributed by atoms with Crippen molar-refractivity contribution in [3.8, 4) is 17.7 Å². The van der Waals surface area contributed by atoms with Crippen LogP contribution in [0, 0.1) is 11.3 Å². The van der Waals surface area contributed by atoms with Crippen LogP contribution in [0.15, 0.2) is 33.8 Å². The third kappa shape index (κ3) is 3.90. The number of hydrogen-bond donors (Lipinski definition) is 1.